The van der Waals surface area contributed by atoms with Crippen molar-refractivity contribution in [3.05, 3.63) is 35.9 Å². The Bertz CT molecular complexity index is 658. The van der Waals surface area contributed by atoms with Crippen molar-refractivity contribution in [1.29, 1.82) is 5.26 Å². The first kappa shape index (κ1) is 20.9. The largest absolute Gasteiger partial charge is 0.480 e. The van der Waals surface area contributed by atoms with E-state index in [1.54, 1.807) is 24.3 Å². The molecule has 0 aliphatic carbocycles. The third-order valence-electron chi connectivity index (χ3n) is 3.55. The molecule has 0 aromatic heterocycles. The van der Waals surface area contributed by atoms with Crippen molar-refractivity contribution >= 4 is 18.0 Å². The zero-order chi connectivity index (χ0) is 19.5. The summed E-state index contributed by atoms with van der Waals surface area (Å²) in [6.07, 6.45) is -1.01. The van der Waals surface area contributed by atoms with E-state index in [1.807, 2.05) is 12.1 Å². The number of ether oxygens (including phenoxy) is 1. The van der Waals surface area contributed by atoms with Gasteiger partial charge in [-0.05, 0) is 5.56 Å². The number of nitrogens with zero attached hydrogens (tertiary/aromatic N) is 1. The standard InChI is InChI=1S/C17H21N3O6/c1-11(7-8-18)14(16(23)24)20-15(22)13(9-21)19-17(25)26-10-12-5-3-2-4-6-12/h2-6,11,13-14,21H,7,9-10H2,1H3,(H,19,25)(H,20,22)(H,23,24)/t11-,13+,14+/m1/s1. The van der Waals surface area contributed by atoms with E-state index in [-0.39, 0.29) is 13.0 Å². The highest BCUT2D eigenvalue weighted by molar-refractivity contribution is 5.89. The smallest absolute Gasteiger partial charge is 0.408 e. The first-order valence-corrected chi connectivity index (χ1v) is 7.87. The lowest BCUT2D eigenvalue weighted by molar-refractivity contribution is -0.143. The molecule has 2 amide bonds. The first-order valence-electron chi connectivity index (χ1n) is 7.87. The van der Waals surface area contributed by atoms with Crippen LogP contribution in [0.25, 0.3) is 0 Å². The Morgan fingerprint density at radius 2 is 1.88 bits per heavy atom. The average molecular weight is 363 g/mol. The molecule has 9 nitrogen and oxygen atoms in total. The Labute approximate surface area is 150 Å². The maximum absolute atomic E-state index is 12.1. The number of carboxylic acid groups (broad SMARTS) is 1. The normalized spacial score (nSPS) is 13.6. The number of carbonyl (C=O) groups is 3. The van der Waals surface area contributed by atoms with Gasteiger partial charge in [-0.2, -0.15) is 5.26 Å². The molecule has 0 aliphatic rings. The zero-order valence-corrected chi connectivity index (χ0v) is 14.2. The SMILES string of the molecule is C[C@H](CC#N)[C@H](NC(=O)[C@H](CO)NC(=O)OCc1ccccc1)C(=O)O. The van der Waals surface area contributed by atoms with Gasteiger partial charge in [-0.15, -0.1) is 0 Å². The van der Waals surface area contributed by atoms with Crippen LogP contribution in [0.1, 0.15) is 18.9 Å². The van der Waals surface area contributed by atoms with E-state index in [2.05, 4.69) is 10.6 Å². The van der Waals surface area contributed by atoms with Gasteiger partial charge in [0.25, 0.3) is 0 Å². The van der Waals surface area contributed by atoms with Crippen LogP contribution in [0.2, 0.25) is 0 Å². The van der Waals surface area contributed by atoms with Gasteiger partial charge < -0.3 is 25.6 Å². The molecule has 0 aliphatic heterocycles. The van der Waals surface area contributed by atoms with Gasteiger partial charge in [0.2, 0.25) is 5.91 Å². The Kier molecular flexibility index (Phi) is 8.60. The molecule has 0 radical (unpaired) electrons. The molecule has 0 fully saturated rings. The monoisotopic (exact) mass is 363 g/mol. The van der Waals surface area contributed by atoms with Crippen LogP contribution < -0.4 is 10.6 Å². The van der Waals surface area contributed by atoms with E-state index < -0.39 is 42.6 Å². The van der Waals surface area contributed by atoms with Crippen molar-refractivity contribution in [2.75, 3.05) is 6.61 Å². The van der Waals surface area contributed by atoms with Gasteiger partial charge >= 0.3 is 12.1 Å². The van der Waals surface area contributed by atoms with Crippen LogP contribution in [0.3, 0.4) is 0 Å². The molecular weight excluding hydrogens is 342 g/mol. The lowest BCUT2D eigenvalue weighted by Crippen LogP contribution is -2.54. The zero-order valence-electron chi connectivity index (χ0n) is 14.2. The lowest BCUT2D eigenvalue weighted by Gasteiger charge is -2.22. The molecule has 0 saturated heterocycles. The summed E-state index contributed by atoms with van der Waals surface area (Å²) in [6.45, 7) is 0.729. The molecule has 0 heterocycles. The van der Waals surface area contributed by atoms with Gasteiger partial charge in [0.15, 0.2) is 0 Å². The number of aliphatic hydroxyl groups excluding tert-OH is 1. The molecular formula is C17H21N3O6. The summed E-state index contributed by atoms with van der Waals surface area (Å²) in [5, 5.41) is 31.5. The van der Waals surface area contributed by atoms with Crippen molar-refractivity contribution in [1.82, 2.24) is 10.6 Å². The van der Waals surface area contributed by atoms with E-state index in [1.165, 1.54) is 6.92 Å². The van der Waals surface area contributed by atoms with Crippen molar-refractivity contribution in [2.45, 2.75) is 32.0 Å². The second kappa shape index (κ2) is 10.7. The number of alkyl carbamates (subject to hydrolysis) is 1. The van der Waals surface area contributed by atoms with Gasteiger partial charge in [-0.1, -0.05) is 37.3 Å². The summed E-state index contributed by atoms with van der Waals surface area (Å²) in [5.74, 6) is -2.85. The number of nitriles is 1. The maximum atomic E-state index is 12.1. The molecule has 9 heteroatoms. The fourth-order valence-electron chi connectivity index (χ4n) is 2.06. The number of carbonyl (C=O) groups excluding carboxylic acids is 2. The summed E-state index contributed by atoms with van der Waals surface area (Å²) in [6, 6.07) is 7.98. The van der Waals surface area contributed by atoms with Crippen LogP contribution in [-0.2, 0) is 20.9 Å². The Hall–Kier alpha value is -3.12. The minimum atomic E-state index is -1.38. The molecule has 0 spiro atoms. The molecule has 140 valence electrons. The summed E-state index contributed by atoms with van der Waals surface area (Å²) < 4.78 is 4.95. The van der Waals surface area contributed by atoms with Crippen molar-refractivity contribution in [3.63, 3.8) is 0 Å². The first-order chi connectivity index (χ1) is 12.4. The number of aliphatic carboxylic acids is 1. The van der Waals surface area contributed by atoms with Crippen LogP contribution in [0, 0.1) is 17.2 Å². The fraction of sp³-hybridized carbons (Fsp3) is 0.412. The maximum Gasteiger partial charge on any atom is 0.408 e. The van der Waals surface area contributed by atoms with E-state index >= 15 is 0 Å². The number of hydrogen-bond donors (Lipinski definition) is 4. The average Bonchev–Trinajstić information content (AvgIpc) is 2.62. The van der Waals surface area contributed by atoms with Gasteiger partial charge in [-0.3, -0.25) is 4.79 Å². The number of hydrogen-bond acceptors (Lipinski definition) is 6. The predicted molar refractivity (Wildman–Crippen MR) is 89.6 cm³/mol. The third kappa shape index (κ3) is 6.78. The van der Waals surface area contributed by atoms with E-state index in [9.17, 15) is 19.5 Å². The number of carboxylic acids is 1. The van der Waals surface area contributed by atoms with E-state index in [0.717, 1.165) is 5.56 Å². The van der Waals surface area contributed by atoms with Crippen molar-refractivity contribution in [3.8, 4) is 6.07 Å². The van der Waals surface area contributed by atoms with Crippen LogP contribution in [0.4, 0.5) is 4.79 Å². The minimum Gasteiger partial charge on any atom is -0.480 e. The lowest BCUT2D eigenvalue weighted by atomic mass is 9.98. The van der Waals surface area contributed by atoms with Gasteiger partial charge in [0, 0.05) is 12.3 Å². The van der Waals surface area contributed by atoms with Gasteiger partial charge in [0.05, 0.1) is 12.7 Å². The third-order valence-corrected chi connectivity index (χ3v) is 3.55. The second-order valence-electron chi connectivity index (χ2n) is 5.61. The molecule has 26 heavy (non-hydrogen) atoms. The topological polar surface area (TPSA) is 149 Å². The predicted octanol–water partition coefficient (Wildman–Crippen LogP) is 0.393. The summed E-state index contributed by atoms with van der Waals surface area (Å²) >= 11 is 0. The molecule has 1 rings (SSSR count). The Balaban J connectivity index is 2.60. The van der Waals surface area contributed by atoms with Crippen LogP contribution in [0.5, 0.6) is 0 Å². The number of aliphatic hydroxyl groups is 1. The number of benzene rings is 1. The van der Waals surface area contributed by atoms with Crippen LogP contribution in [0.15, 0.2) is 30.3 Å². The van der Waals surface area contributed by atoms with Crippen LogP contribution >= 0.6 is 0 Å². The Morgan fingerprint density at radius 3 is 2.42 bits per heavy atom. The van der Waals surface area contributed by atoms with Gasteiger partial charge in [0.1, 0.15) is 18.7 Å². The summed E-state index contributed by atoms with van der Waals surface area (Å²) in [5.41, 5.74) is 0.740. The van der Waals surface area contributed by atoms with Crippen molar-refractivity contribution < 1.29 is 29.3 Å². The number of rotatable bonds is 9. The highest BCUT2D eigenvalue weighted by atomic mass is 16.5. The molecule has 0 unspecified atom stereocenters. The van der Waals surface area contributed by atoms with Gasteiger partial charge in [-0.25, -0.2) is 9.59 Å². The summed E-state index contributed by atoms with van der Waals surface area (Å²) in [7, 11) is 0. The summed E-state index contributed by atoms with van der Waals surface area (Å²) in [4.78, 5) is 35.1. The molecule has 0 saturated carbocycles. The molecule has 0 bridgehead atoms. The molecule has 1 aromatic carbocycles. The van der Waals surface area contributed by atoms with Crippen LogP contribution in [-0.4, -0.2) is 46.9 Å². The van der Waals surface area contributed by atoms with Crippen molar-refractivity contribution in [2.24, 2.45) is 5.92 Å². The minimum absolute atomic E-state index is 0.0244. The molecule has 1 aromatic rings. The number of amides is 2. The second-order valence-corrected chi connectivity index (χ2v) is 5.61. The van der Waals surface area contributed by atoms with E-state index in [0.29, 0.717) is 0 Å². The Morgan fingerprint density at radius 1 is 1.23 bits per heavy atom. The number of nitrogens with one attached hydrogen (secondary N) is 2. The van der Waals surface area contributed by atoms with E-state index in [4.69, 9.17) is 15.1 Å². The molecule has 4 N–H and O–H groups in total. The quantitative estimate of drug-likeness (QED) is 0.496. The molecule has 3 atom stereocenters. The highest BCUT2D eigenvalue weighted by Gasteiger charge is 2.30. The fourth-order valence-corrected chi connectivity index (χ4v) is 2.06. The highest BCUT2D eigenvalue weighted by Crippen LogP contribution is 2.08.